The normalized spacial score (nSPS) is 16.8. The molecule has 0 aromatic carbocycles. The van der Waals surface area contributed by atoms with E-state index < -0.39 is 5.97 Å². The van der Waals surface area contributed by atoms with Gasteiger partial charge >= 0.3 is 5.97 Å². The molecule has 0 N–H and O–H groups in total. The van der Waals surface area contributed by atoms with Gasteiger partial charge < -0.3 is 9.47 Å². The molecule has 104 valence electrons. The number of carbonyl (C=O) groups is 2. The van der Waals surface area contributed by atoms with Crippen molar-refractivity contribution >= 4 is 11.8 Å². The molecule has 1 rings (SSSR count). The molecule has 0 heterocycles. The molecule has 0 radical (unpaired) electrons. The van der Waals surface area contributed by atoms with Crippen molar-refractivity contribution in [3.63, 3.8) is 0 Å². The second kappa shape index (κ2) is 8.25. The van der Waals surface area contributed by atoms with Crippen LogP contribution in [0.4, 0.5) is 0 Å². The number of hydrogen-bond donors (Lipinski definition) is 0. The van der Waals surface area contributed by atoms with Gasteiger partial charge in [0.25, 0.3) is 0 Å². The minimum absolute atomic E-state index is 0.0281. The van der Waals surface area contributed by atoms with Gasteiger partial charge in [-0.1, -0.05) is 33.1 Å². The van der Waals surface area contributed by atoms with Crippen LogP contribution in [0.25, 0.3) is 0 Å². The van der Waals surface area contributed by atoms with Crippen molar-refractivity contribution in [2.45, 2.75) is 58.5 Å². The Hall–Kier alpha value is -0.900. The van der Waals surface area contributed by atoms with E-state index in [4.69, 9.17) is 9.47 Å². The maximum atomic E-state index is 11.4. The molecule has 0 bridgehead atoms. The van der Waals surface area contributed by atoms with Crippen LogP contribution in [-0.4, -0.2) is 31.1 Å². The molecule has 0 aromatic heterocycles. The first kappa shape index (κ1) is 15.2. The van der Waals surface area contributed by atoms with Crippen LogP contribution in [0.15, 0.2) is 0 Å². The monoisotopic (exact) mass is 256 g/mol. The highest BCUT2D eigenvalue weighted by Gasteiger charge is 2.16. The van der Waals surface area contributed by atoms with Crippen LogP contribution < -0.4 is 0 Å². The van der Waals surface area contributed by atoms with Crippen molar-refractivity contribution in [3.8, 4) is 0 Å². The van der Waals surface area contributed by atoms with Gasteiger partial charge in [-0.05, 0) is 18.8 Å². The fourth-order valence-electron chi connectivity index (χ4n) is 2.13. The minimum atomic E-state index is -0.433. The average molecular weight is 256 g/mol. The molecule has 1 aliphatic carbocycles. The third-order valence-electron chi connectivity index (χ3n) is 3.02. The molecule has 0 unspecified atom stereocenters. The molecule has 0 amide bonds. The SMILES string of the molecule is CC(C)CC(=O)COC(=O)COC1CCCCC1. The lowest BCUT2D eigenvalue weighted by atomic mass is 9.98. The molecule has 18 heavy (non-hydrogen) atoms. The number of ether oxygens (including phenoxy) is 2. The zero-order valence-electron chi connectivity index (χ0n) is 11.4. The lowest BCUT2D eigenvalue weighted by Gasteiger charge is -2.21. The van der Waals surface area contributed by atoms with Crippen molar-refractivity contribution in [2.75, 3.05) is 13.2 Å². The minimum Gasteiger partial charge on any atom is -0.456 e. The van der Waals surface area contributed by atoms with Gasteiger partial charge in [-0.15, -0.1) is 0 Å². The topological polar surface area (TPSA) is 52.6 Å². The summed E-state index contributed by atoms with van der Waals surface area (Å²) < 4.78 is 10.4. The molecular formula is C14H24O4. The Morgan fingerprint density at radius 2 is 1.78 bits per heavy atom. The van der Waals surface area contributed by atoms with E-state index in [9.17, 15) is 9.59 Å². The second-order valence-corrected chi connectivity index (χ2v) is 5.37. The van der Waals surface area contributed by atoms with E-state index in [0.717, 1.165) is 12.8 Å². The maximum Gasteiger partial charge on any atom is 0.332 e. The Bertz CT molecular complexity index is 267. The highest BCUT2D eigenvalue weighted by Crippen LogP contribution is 2.20. The molecule has 4 nitrogen and oxygen atoms in total. The largest absolute Gasteiger partial charge is 0.456 e. The average Bonchev–Trinajstić information content (AvgIpc) is 2.34. The number of esters is 1. The van der Waals surface area contributed by atoms with Gasteiger partial charge in [0.15, 0.2) is 5.78 Å². The first-order chi connectivity index (χ1) is 8.58. The molecular weight excluding hydrogens is 232 g/mol. The van der Waals surface area contributed by atoms with E-state index in [-0.39, 0.29) is 25.1 Å². The molecule has 1 fully saturated rings. The summed E-state index contributed by atoms with van der Waals surface area (Å²) in [6, 6.07) is 0. The van der Waals surface area contributed by atoms with Crippen LogP contribution in [0.3, 0.4) is 0 Å². The van der Waals surface area contributed by atoms with Crippen molar-refractivity contribution in [2.24, 2.45) is 5.92 Å². The van der Waals surface area contributed by atoms with Crippen LogP contribution in [0.2, 0.25) is 0 Å². The standard InChI is InChI=1S/C14H24O4/c1-11(2)8-12(15)9-18-14(16)10-17-13-6-4-3-5-7-13/h11,13H,3-10H2,1-2H3. The third-order valence-corrected chi connectivity index (χ3v) is 3.02. The highest BCUT2D eigenvalue weighted by atomic mass is 16.6. The van der Waals surface area contributed by atoms with Crippen LogP contribution in [0.1, 0.15) is 52.4 Å². The van der Waals surface area contributed by atoms with Crippen molar-refractivity contribution in [1.29, 1.82) is 0 Å². The fourth-order valence-corrected chi connectivity index (χ4v) is 2.13. The van der Waals surface area contributed by atoms with Gasteiger partial charge in [0.2, 0.25) is 0 Å². The molecule has 0 aromatic rings. The van der Waals surface area contributed by atoms with E-state index in [1.165, 1.54) is 19.3 Å². The van der Waals surface area contributed by atoms with E-state index in [1.807, 2.05) is 13.8 Å². The zero-order chi connectivity index (χ0) is 13.4. The van der Waals surface area contributed by atoms with Crippen LogP contribution >= 0.6 is 0 Å². The van der Waals surface area contributed by atoms with Crippen LogP contribution in [-0.2, 0) is 19.1 Å². The van der Waals surface area contributed by atoms with E-state index in [1.54, 1.807) is 0 Å². The fraction of sp³-hybridized carbons (Fsp3) is 0.857. The number of rotatable bonds is 7. The summed E-state index contributed by atoms with van der Waals surface area (Å²) in [7, 11) is 0. The maximum absolute atomic E-state index is 11.4. The first-order valence-corrected chi connectivity index (χ1v) is 6.87. The molecule has 0 atom stereocenters. The smallest absolute Gasteiger partial charge is 0.332 e. The molecule has 1 saturated carbocycles. The molecule has 0 spiro atoms. The Morgan fingerprint density at radius 3 is 2.39 bits per heavy atom. The number of hydrogen-bond acceptors (Lipinski definition) is 4. The predicted octanol–water partition coefficient (Wildman–Crippen LogP) is 2.49. The quantitative estimate of drug-likeness (QED) is 0.657. The van der Waals surface area contributed by atoms with Gasteiger partial charge in [0.05, 0.1) is 6.10 Å². The third kappa shape index (κ3) is 6.74. The first-order valence-electron chi connectivity index (χ1n) is 6.87. The van der Waals surface area contributed by atoms with Crippen molar-refractivity contribution < 1.29 is 19.1 Å². The molecule has 1 aliphatic rings. The summed E-state index contributed by atoms with van der Waals surface area (Å²) in [5.41, 5.74) is 0. The lowest BCUT2D eigenvalue weighted by Crippen LogP contribution is -2.24. The van der Waals surface area contributed by atoms with Gasteiger partial charge in [-0.25, -0.2) is 4.79 Å². The summed E-state index contributed by atoms with van der Waals surface area (Å²) in [6.07, 6.45) is 6.31. The van der Waals surface area contributed by atoms with E-state index in [2.05, 4.69) is 0 Å². The summed E-state index contributed by atoms with van der Waals surface area (Å²) in [5.74, 6) is -0.164. The molecule has 0 aliphatic heterocycles. The molecule has 0 saturated heterocycles. The van der Waals surface area contributed by atoms with Gasteiger partial charge in [0, 0.05) is 6.42 Å². The summed E-state index contributed by atoms with van der Waals surface area (Å²) >= 11 is 0. The second-order valence-electron chi connectivity index (χ2n) is 5.37. The Labute approximate surface area is 109 Å². The number of carbonyl (C=O) groups excluding carboxylic acids is 2. The van der Waals surface area contributed by atoms with Crippen molar-refractivity contribution in [3.05, 3.63) is 0 Å². The van der Waals surface area contributed by atoms with Gasteiger partial charge in [0.1, 0.15) is 13.2 Å². The van der Waals surface area contributed by atoms with Crippen LogP contribution in [0.5, 0.6) is 0 Å². The lowest BCUT2D eigenvalue weighted by molar-refractivity contribution is -0.154. The van der Waals surface area contributed by atoms with Crippen molar-refractivity contribution in [1.82, 2.24) is 0 Å². The summed E-state index contributed by atoms with van der Waals surface area (Å²) in [5, 5.41) is 0. The Morgan fingerprint density at radius 1 is 1.11 bits per heavy atom. The van der Waals surface area contributed by atoms with Gasteiger partial charge in [-0.3, -0.25) is 4.79 Å². The van der Waals surface area contributed by atoms with E-state index in [0.29, 0.717) is 12.3 Å². The van der Waals surface area contributed by atoms with Gasteiger partial charge in [-0.2, -0.15) is 0 Å². The number of ketones is 1. The highest BCUT2D eigenvalue weighted by molar-refractivity contribution is 5.82. The van der Waals surface area contributed by atoms with Crippen LogP contribution in [0, 0.1) is 5.92 Å². The Kier molecular flexibility index (Phi) is 6.94. The predicted molar refractivity (Wildman–Crippen MR) is 68.2 cm³/mol. The zero-order valence-corrected chi connectivity index (χ0v) is 11.4. The van der Waals surface area contributed by atoms with E-state index >= 15 is 0 Å². The Balaban J connectivity index is 2.07. The summed E-state index contributed by atoms with van der Waals surface area (Å²) in [6.45, 7) is 3.78. The summed E-state index contributed by atoms with van der Waals surface area (Å²) in [4.78, 5) is 22.7. The molecule has 4 heteroatoms. The number of Topliss-reactive ketones (excluding diaryl/α,β-unsaturated/α-hetero) is 1.